The summed E-state index contributed by atoms with van der Waals surface area (Å²) in [5, 5.41) is 7.04. The molecule has 0 spiro atoms. The standard InChI is InChI=1S/C25H29N3O8/c1-17(23(31)26-14-22(30)34-2)27-24(32)20(13-21(29)35-15-18-9-5-3-6-10-18)28-25(33)36-16-19-11-7-4-8-12-19/h3-12,17,20H,13-16H2,1-2H3,(H,26,31)(H,27,32)(H,28,33)/t17-,20+/m0/s1. The Bertz CT molecular complexity index is 973. The number of hydrogen-bond acceptors (Lipinski definition) is 8. The predicted octanol–water partition coefficient (Wildman–Crippen LogP) is 1.21. The third-order valence-corrected chi connectivity index (χ3v) is 4.82. The SMILES string of the molecule is COC(=O)CNC(=O)[C@H](C)NC(=O)[C@@H](CC(=O)OCc1ccccc1)NC(=O)OCc1ccccc1. The van der Waals surface area contributed by atoms with E-state index < -0.39 is 48.4 Å². The summed E-state index contributed by atoms with van der Waals surface area (Å²) in [4.78, 5) is 60.9. The monoisotopic (exact) mass is 499 g/mol. The van der Waals surface area contributed by atoms with Gasteiger partial charge < -0.3 is 30.2 Å². The molecule has 3 amide bonds. The number of nitrogens with one attached hydrogen (secondary N) is 3. The number of carbonyl (C=O) groups excluding carboxylic acids is 5. The van der Waals surface area contributed by atoms with Gasteiger partial charge in [0.25, 0.3) is 0 Å². The molecule has 0 saturated carbocycles. The normalized spacial score (nSPS) is 11.8. The molecule has 2 rings (SSSR count). The van der Waals surface area contributed by atoms with Crippen LogP contribution in [0.1, 0.15) is 24.5 Å². The van der Waals surface area contributed by atoms with E-state index in [2.05, 4.69) is 20.7 Å². The Balaban J connectivity index is 1.98. The highest BCUT2D eigenvalue weighted by atomic mass is 16.6. The second-order valence-corrected chi connectivity index (χ2v) is 7.63. The van der Waals surface area contributed by atoms with Crippen molar-refractivity contribution in [3.8, 4) is 0 Å². The zero-order valence-corrected chi connectivity index (χ0v) is 20.0. The van der Waals surface area contributed by atoms with Crippen molar-refractivity contribution in [3.05, 3.63) is 71.8 Å². The minimum absolute atomic E-state index is 0.0151. The van der Waals surface area contributed by atoms with Gasteiger partial charge in [0.15, 0.2) is 0 Å². The van der Waals surface area contributed by atoms with Crippen LogP contribution in [-0.4, -0.2) is 55.6 Å². The fraction of sp³-hybridized carbons (Fsp3) is 0.320. The molecule has 0 heterocycles. The van der Waals surface area contributed by atoms with Crippen LogP contribution < -0.4 is 16.0 Å². The van der Waals surface area contributed by atoms with Gasteiger partial charge in [-0.25, -0.2) is 4.79 Å². The maximum atomic E-state index is 12.8. The summed E-state index contributed by atoms with van der Waals surface area (Å²) < 4.78 is 14.8. The molecule has 2 aromatic carbocycles. The topological polar surface area (TPSA) is 149 Å². The van der Waals surface area contributed by atoms with Crippen molar-refractivity contribution in [3.63, 3.8) is 0 Å². The average Bonchev–Trinajstić information content (AvgIpc) is 2.89. The van der Waals surface area contributed by atoms with Crippen molar-refractivity contribution in [2.24, 2.45) is 0 Å². The highest BCUT2D eigenvalue weighted by molar-refractivity contribution is 5.94. The molecule has 0 fully saturated rings. The molecule has 11 heteroatoms. The fourth-order valence-electron chi connectivity index (χ4n) is 2.84. The second-order valence-electron chi connectivity index (χ2n) is 7.63. The van der Waals surface area contributed by atoms with Gasteiger partial charge in [0, 0.05) is 0 Å². The Kier molecular flexibility index (Phi) is 11.4. The Morgan fingerprint density at radius 3 is 1.86 bits per heavy atom. The predicted molar refractivity (Wildman–Crippen MR) is 127 cm³/mol. The van der Waals surface area contributed by atoms with Gasteiger partial charge in [-0.2, -0.15) is 0 Å². The molecule has 192 valence electrons. The van der Waals surface area contributed by atoms with Crippen LogP contribution in [0.3, 0.4) is 0 Å². The lowest BCUT2D eigenvalue weighted by molar-refractivity contribution is -0.147. The van der Waals surface area contributed by atoms with Crippen molar-refractivity contribution in [1.82, 2.24) is 16.0 Å². The van der Waals surface area contributed by atoms with Crippen molar-refractivity contribution < 1.29 is 38.2 Å². The molecule has 0 radical (unpaired) electrons. The molecule has 0 aliphatic heterocycles. The molecular weight excluding hydrogens is 470 g/mol. The molecule has 0 aromatic heterocycles. The zero-order valence-electron chi connectivity index (χ0n) is 20.0. The number of methoxy groups -OCH3 is 1. The lowest BCUT2D eigenvalue weighted by Gasteiger charge is -2.20. The molecule has 3 N–H and O–H groups in total. The van der Waals surface area contributed by atoms with Crippen molar-refractivity contribution in [1.29, 1.82) is 0 Å². The van der Waals surface area contributed by atoms with Crippen LogP contribution in [0.4, 0.5) is 4.79 Å². The van der Waals surface area contributed by atoms with Gasteiger partial charge in [-0.05, 0) is 18.1 Å². The second kappa shape index (κ2) is 14.8. The van der Waals surface area contributed by atoms with E-state index in [1.54, 1.807) is 48.5 Å². The summed E-state index contributed by atoms with van der Waals surface area (Å²) in [5.74, 6) is -2.89. The van der Waals surface area contributed by atoms with Crippen LogP contribution in [0.2, 0.25) is 0 Å². The molecule has 0 unspecified atom stereocenters. The van der Waals surface area contributed by atoms with E-state index in [0.29, 0.717) is 0 Å². The number of rotatable bonds is 12. The van der Waals surface area contributed by atoms with Gasteiger partial charge in [0.1, 0.15) is 31.8 Å². The van der Waals surface area contributed by atoms with Gasteiger partial charge in [-0.15, -0.1) is 0 Å². The van der Waals surface area contributed by atoms with E-state index in [1.807, 2.05) is 12.1 Å². The largest absolute Gasteiger partial charge is 0.468 e. The van der Waals surface area contributed by atoms with E-state index >= 15 is 0 Å². The molecule has 0 bridgehead atoms. The number of hydrogen-bond donors (Lipinski definition) is 3. The summed E-state index contributed by atoms with van der Waals surface area (Å²) >= 11 is 0. The van der Waals surface area contributed by atoms with Crippen molar-refractivity contribution in [2.45, 2.75) is 38.6 Å². The molecule has 0 aliphatic carbocycles. The Morgan fingerprint density at radius 2 is 1.31 bits per heavy atom. The van der Waals surface area contributed by atoms with Crippen LogP contribution in [0, 0.1) is 0 Å². The van der Waals surface area contributed by atoms with Gasteiger partial charge >= 0.3 is 18.0 Å². The molecular formula is C25H29N3O8. The molecule has 36 heavy (non-hydrogen) atoms. The first-order valence-electron chi connectivity index (χ1n) is 11.1. The summed E-state index contributed by atoms with van der Waals surface area (Å²) in [6, 6.07) is 15.4. The summed E-state index contributed by atoms with van der Waals surface area (Å²) in [6.45, 7) is 0.933. The first-order chi connectivity index (χ1) is 17.3. The summed E-state index contributed by atoms with van der Waals surface area (Å²) in [7, 11) is 1.17. The summed E-state index contributed by atoms with van der Waals surface area (Å²) in [6.07, 6.45) is -1.44. The smallest absolute Gasteiger partial charge is 0.408 e. The maximum absolute atomic E-state index is 12.8. The van der Waals surface area contributed by atoms with Gasteiger partial charge in [0.2, 0.25) is 11.8 Å². The lowest BCUT2D eigenvalue weighted by Crippen LogP contribution is -2.53. The third-order valence-electron chi connectivity index (χ3n) is 4.82. The van der Waals surface area contributed by atoms with E-state index in [0.717, 1.165) is 11.1 Å². The molecule has 2 atom stereocenters. The molecule has 0 saturated heterocycles. The fourth-order valence-corrected chi connectivity index (χ4v) is 2.84. The third kappa shape index (κ3) is 10.2. The molecule has 2 aromatic rings. The van der Waals surface area contributed by atoms with Gasteiger partial charge in [0.05, 0.1) is 13.5 Å². The minimum atomic E-state index is -1.38. The van der Waals surface area contributed by atoms with Gasteiger partial charge in [-0.1, -0.05) is 60.7 Å². The van der Waals surface area contributed by atoms with Crippen LogP contribution in [0.5, 0.6) is 0 Å². The summed E-state index contributed by atoms with van der Waals surface area (Å²) in [5.41, 5.74) is 1.48. The Morgan fingerprint density at radius 1 is 0.750 bits per heavy atom. The van der Waals surface area contributed by atoms with Crippen LogP contribution >= 0.6 is 0 Å². The van der Waals surface area contributed by atoms with E-state index in [9.17, 15) is 24.0 Å². The highest BCUT2D eigenvalue weighted by Gasteiger charge is 2.28. The number of alkyl carbamates (subject to hydrolysis) is 1. The van der Waals surface area contributed by atoms with E-state index in [-0.39, 0.29) is 19.8 Å². The molecule has 11 nitrogen and oxygen atoms in total. The average molecular weight is 500 g/mol. The van der Waals surface area contributed by atoms with Crippen molar-refractivity contribution >= 4 is 29.8 Å². The van der Waals surface area contributed by atoms with E-state index in [1.165, 1.54) is 14.0 Å². The zero-order chi connectivity index (χ0) is 26.3. The maximum Gasteiger partial charge on any atom is 0.408 e. The number of carbonyl (C=O) groups is 5. The highest BCUT2D eigenvalue weighted by Crippen LogP contribution is 2.05. The lowest BCUT2D eigenvalue weighted by atomic mass is 10.1. The van der Waals surface area contributed by atoms with Crippen LogP contribution in [-0.2, 0) is 46.6 Å². The Hall–Kier alpha value is -4.41. The number of benzene rings is 2. The Labute approximate surface area is 208 Å². The van der Waals surface area contributed by atoms with Crippen LogP contribution in [0.15, 0.2) is 60.7 Å². The minimum Gasteiger partial charge on any atom is -0.468 e. The van der Waals surface area contributed by atoms with Gasteiger partial charge in [-0.3, -0.25) is 19.2 Å². The quantitative estimate of drug-likeness (QED) is 0.291. The van der Waals surface area contributed by atoms with E-state index in [4.69, 9.17) is 9.47 Å². The first-order valence-corrected chi connectivity index (χ1v) is 11.1. The number of esters is 2. The number of amides is 3. The number of ether oxygens (including phenoxy) is 3. The van der Waals surface area contributed by atoms with Crippen LogP contribution in [0.25, 0.3) is 0 Å². The van der Waals surface area contributed by atoms with Crippen molar-refractivity contribution in [2.75, 3.05) is 13.7 Å². The first kappa shape index (κ1) is 27.8. The molecule has 0 aliphatic rings.